The molecule has 10 nitrogen and oxygen atoms in total. The van der Waals surface area contributed by atoms with Gasteiger partial charge in [-0.15, -0.1) is 0 Å². The Morgan fingerprint density at radius 3 is 1.60 bits per heavy atom. The van der Waals surface area contributed by atoms with Gasteiger partial charge in [0.05, 0.1) is 36.2 Å². The normalized spacial score (nSPS) is 18.5. The second kappa shape index (κ2) is 11.0. The zero-order chi connectivity index (χ0) is 24.9. The van der Waals surface area contributed by atoms with Crippen LogP contribution in [-0.2, 0) is 34.3 Å². The molecule has 1 N–H and O–H groups in total. The molecule has 0 spiro atoms. The molecule has 2 fully saturated rings. The number of nitrogens with one attached hydrogen (secondary N) is 1. The van der Waals surface area contributed by atoms with E-state index in [1.54, 1.807) is 18.2 Å². The monoisotopic (exact) mass is 521 g/mol. The summed E-state index contributed by atoms with van der Waals surface area (Å²) in [6.45, 7) is 2.76. The Morgan fingerprint density at radius 2 is 1.14 bits per heavy atom. The van der Waals surface area contributed by atoms with Gasteiger partial charge >= 0.3 is 0 Å². The topological polar surface area (TPSA) is 122 Å². The number of nitrogens with zero attached hydrogens (tertiary/aromatic N) is 2. The van der Waals surface area contributed by atoms with E-state index < -0.39 is 26.0 Å². The Bertz CT molecular complexity index is 1260. The van der Waals surface area contributed by atoms with Crippen LogP contribution >= 0.6 is 0 Å². The zero-order valence-electron chi connectivity index (χ0n) is 19.0. The molecule has 0 radical (unpaired) electrons. The van der Waals surface area contributed by atoms with Crippen LogP contribution in [0.5, 0.6) is 0 Å². The molecule has 0 saturated carbocycles. The molecule has 0 aliphatic carbocycles. The van der Waals surface area contributed by atoms with Crippen molar-refractivity contribution in [1.82, 2.24) is 8.61 Å². The number of benzene rings is 2. The van der Waals surface area contributed by atoms with Gasteiger partial charge in [-0.3, -0.25) is 4.79 Å². The number of ether oxygens (including phenoxy) is 2. The van der Waals surface area contributed by atoms with Crippen molar-refractivity contribution in [2.45, 2.75) is 9.79 Å². The van der Waals surface area contributed by atoms with Crippen molar-refractivity contribution in [3.05, 3.63) is 60.2 Å². The molecule has 2 heterocycles. The SMILES string of the molecule is O=C(/C=C/c1ccc(S(=O)(=O)N2CCOCC2)cc1)Nc1ccc(S(=O)(=O)N2CCOCC2)cc1. The predicted molar refractivity (Wildman–Crippen MR) is 130 cm³/mol. The largest absolute Gasteiger partial charge is 0.379 e. The second-order valence-electron chi connectivity index (χ2n) is 7.95. The van der Waals surface area contributed by atoms with Crippen LogP contribution < -0.4 is 5.32 Å². The minimum Gasteiger partial charge on any atom is -0.379 e. The lowest BCUT2D eigenvalue weighted by atomic mass is 10.2. The van der Waals surface area contributed by atoms with E-state index >= 15 is 0 Å². The highest BCUT2D eigenvalue weighted by Gasteiger charge is 2.27. The van der Waals surface area contributed by atoms with E-state index in [1.807, 2.05) is 0 Å². The summed E-state index contributed by atoms with van der Waals surface area (Å²) in [7, 11) is -7.17. The summed E-state index contributed by atoms with van der Waals surface area (Å²) in [6, 6.07) is 12.3. The third-order valence-corrected chi connectivity index (χ3v) is 9.47. The van der Waals surface area contributed by atoms with Gasteiger partial charge in [0.1, 0.15) is 0 Å². The minimum atomic E-state index is -3.60. The lowest BCUT2D eigenvalue weighted by molar-refractivity contribution is -0.111. The highest BCUT2D eigenvalue weighted by molar-refractivity contribution is 7.89. The fourth-order valence-corrected chi connectivity index (χ4v) is 6.50. The first-order chi connectivity index (χ1) is 16.8. The summed E-state index contributed by atoms with van der Waals surface area (Å²) in [4.78, 5) is 12.6. The summed E-state index contributed by atoms with van der Waals surface area (Å²) < 4.78 is 63.9. The van der Waals surface area contributed by atoms with Crippen molar-refractivity contribution in [2.75, 3.05) is 57.9 Å². The van der Waals surface area contributed by atoms with Gasteiger partial charge in [-0.2, -0.15) is 8.61 Å². The first-order valence-electron chi connectivity index (χ1n) is 11.1. The number of carbonyl (C=O) groups is 1. The van der Waals surface area contributed by atoms with Gasteiger partial charge in [0, 0.05) is 37.9 Å². The number of hydrogen-bond acceptors (Lipinski definition) is 7. The molecule has 0 atom stereocenters. The molecule has 4 rings (SSSR count). The van der Waals surface area contributed by atoms with Crippen molar-refractivity contribution in [3.63, 3.8) is 0 Å². The zero-order valence-corrected chi connectivity index (χ0v) is 20.6. The van der Waals surface area contributed by atoms with Crippen molar-refractivity contribution in [1.29, 1.82) is 0 Å². The van der Waals surface area contributed by atoms with Crippen LogP contribution in [0.25, 0.3) is 6.08 Å². The van der Waals surface area contributed by atoms with Gasteiger partial charge in [0.2, 0.25) is 26.0 Å². The molecule has 1 amide bonds. The van der Waals surface area contributed by atoms with E-state index in [0.717, 1.165) is 0 Å². The number of hydrogen-bond donors (Lipinski definition) is 1. The van der Waals surface area contributed by atoms with Crippen LogP contribution in [0.15, 0.2) is 64.4 Å². The van der Waals surface area contributed by atoms with Gasteiger partial charge < -0.3 is 14.8 Å². The minimum absolute atomic E-state index is 0.153. The summed E-state index contributed by atoms with van der Waals surface area (Å²) in [5.74, 6) is -0.404. The Hall–Kier alpha value is -2.61. The number of amides is 1. The van der Waals surface area contributed by atoms with Crippen LogP contribution in [0.1, 0.15) is 5.56 Å². The first-order valence-corrected chi connectivity index (χ1v) is 14.0. The van der Waals surface area contributed by atoms with Gasteiger partial charge in [0.25, 0.3) is 0 Å². The van der Waals surface area contributed by atoms with E-state index in [-0.39, 0.29) is 9.79 Å². The summed E-state index contributed by atoms with van der Waals surface area (Å²) in [5, 5.41) is 2.68. The fraction of sp³-hybridized carbons (Fsp3) is 0.348. The van der Waals surface area contributed by atoms with E-state index in [2.05, 4.69) is 5.32 Å². The fourth-order valence-electron chi connectivity index (χ4n) is 3.69. The van der Waals surface area contributed by atoms with E-state index in [9.17, 15) is 21.6 Å². The maximum Gasteiger partial charge on any atom is 0.248 e. The molecule has 2 aromatic carbocycles. The highest BCUT2D eigenvalue weighted by Crippen LogP contribution is 2.20. The van der Waals surface area contributed by atoms with Crippen molar-refractivity contribution < 1.29 is 31.1 Å². The quantitative estimate of drug-likeness (QED) is 0.546. The average molecular weight is 522 g/mol. The molecular weight excluding hydrogens is 494 g/mol. The van der Waals surface area contributed by atoms with Gasteiger partial charge in [-0.25, -0.2) is 16.8 Å². The third kappa shape index (κ3) is 6.15. The molecule has 2 aromatic rings. The predicted octanol–water partition coefficient (Wildman–Crippen LogP) is 1.38. The Labute approximate surface area is 205 Å². The number of anilines is 1. The Balaban J connectivity index is 1.35. The number of morpholine rings is 2. The molecule has 188 valence electrons. The van der Waals surface area contributed by atoms with Gasteiger partial charge in [-0.05, 0) is 48.0 Å². The van der Waals surface area contributed by atoms with Crippen molar-refractivity contribution >= 4 is 37.7 Å². The summed E-state index contributed by atoms with van der Waals surface area (Å²) in [5.41, 5.74) is 1.11. The Kier molecular flexibility index (Phi) is 7.99. The van der Waals surface area contributed by atoms with Crippen LogP contribution in [0.4, 0.5) is 5.69 Å². The van der Waals surface area contributed by atoms with E-state index in [4.69, 9.17) is 9.47 Å². The van der Waals surface area contributed by atoms with Crippen molar-refractivity contribution in [3.8, 4) is 0 Å². The maximum absolute atomic E-state index is 12.7. The van der Waals surface area contributed by atoms with E-state index in [0.29, 0.717) is 63.9 Å². The van der Waals surface area contributed by atoms with Crippen LogP contribution in [0, 0.1) is 0 Å². The van der Waals surface area contributed by atoms with Gasteiger partial charge in [0.15, 0.2) is 0 Å². The molecule has 0 unspecified atom stereocenters. The van der Waals surface area contributed by atoms with E-state index in [1.165, 1.54) is 51.1 Å². The molecule has 0 bridgehead atoms. The summed E-state index contributed by atoms with van der Waals surface area (Å²) >= 11 is 0. The number of sulfonamides is 2. The lowest BCUT2D eigenvalue weighted by Crippen LogP contribution is -2.40. The maximum atomic E-state index is 12.7. The van der Waals surface area contributed by atoms with Crippen LogP contribution in [0.2, 0.25) is 0 Å². The summed E-state index contributed by atoms with van der Waals surface area (Å²) in [6.07, 6.45) is 2.89. The molecular formula is C23H27N3O7S2. The molecule has 35 heavy (non-hydrogen) atoms. The number of rotatable bonds is 7. The second-order valence-corrected chi connectivity index (χ2v) is 11.8. The number of carbonyl (C=O) groups excluding carboxylic acids is 1. The van der Waals surface area contributed by atoms with Gasteiger partial charge in [-0.1, -0.05) is 12.1 Å². The molecule has 12 heteroatoms. The average Bonchev–Trinajstić information content (AvgIpc) is 2.89. The molecule has 2 saturated heterocycles. The standard InChI is InChI=1S/C23H27N3O7S2/c27-23(24-20-4-8-22(9-5-20)35(30,31)26-13-17-33-18-14-26)10-3-19-1-6-21(7-2-19)34(28,29)25-11-15-32-16-12-25/h1-10H,11-18H2,(H,24,27)/b10-3+. The molecule has 2 aliphatic heterocycles. The first kappa shape index (κ1) is 25.5. The highest BCUT2D eigenvalue weighted by atomic mass is 32.2. The van der Waals surface area contributed by atoms with Crippen molar-refractivity contribution in [2.24, 2.45) is 0 Å². The molecule has 2 aliphatic rings. The van der Waals surface area contributed by atoms with Crippen LogP contribution in [0.3, 0.4) is 0 Å². The lowest BCUT2D eigenvalue weighted by Gasteiger charge is -2.26. The molecule has 0 aromatic heterocycles. The third-order valence-electron chi connectivity index (χ3n) is 5.64. The Morgan fingerprint density at radius 1 is 0.714 bits per heavy atom. The smallest absolute Gasteiger partial charge is 0.248 e. The van der Waals surface area contributed by atoms with Crippen LogP contribution in [-0.4, -0.2) is 84.0 Å².